The summed E-state index contributed by atoms with van der Waals surface area (Å²) in [7, 11) is 0. The Bertz CT molecular complexity index is 593. The molecule has 4 heteroatoms. The predicted molar refractivity (Wildman–Crippen MR) is 82.6 cm³/mol. The summed E-state index contributed by atoms with van der Waals surface area (Å²) in [6.07, 6.45) is 3.17. The van der Waals surface area contributed by atoms with Crippen LogP contribution in [0.25, 0.3) is 0 Å². The second kappa shape index (κ2) is 5.51. The topological polar surface area (TPSA) is 49.4 Å². The van der Waals surface area contributed by atoms with Crippen LogP contribution in [0.2, 0.25) is 0 Å². The molecular weight excluding hydrogens is 264 g/mol. The van der Waals surface area contributed by atoms with Crippen LogP contribution in [0, 0.1) is 5.92 Å². The molecular formula is C17H22N2O2. The minimum atomic E-state index is 0.00468. The van der Waals surface area contributed by atoms with Gasteiger partial charge >= 0.3 is 0 Å². The molecule has 0 saturated heterocycles. The highest BCUT2D eigenvalue weighted by Gasteiger charge is 2.31. The van der Waals surface area contributed by atoms with Gasteiger partial charge in [0.25, 0.3) is 5.91 Å². The number of anilines is 1. The molecule has 2 aliphatic heterocycles. The van der Waals surface area contributed by atoms with Crippen molar-refractivity contribution < 1.29 is 9.59 Å². The first-order chi connectivity index (χ1) is 10.1. The number of amides is 2. The molecule has 1 aromatic carbocycles. The Morgan fingerprint density at radius 3 is 2.67 bits per heavy atom. The average Bonchev–Trinajstić information content (AvgIpc) is 2.87. The Morgan fingerprint density at radius 1 is 1.24 bits per heavy atom. The van der Waals surface area contributed by atoms with E-state index in [0.717, 1.165) is 48.2 Å². The highest BCUT2D eigenvalue weighted by atomic mass is 16.2. The van der Waals surface area contributed by atoms with E-state index < -0.39 is 0 Å². The zero-order chi connectivity index (χ0) is 15.0. The minimum absolute atomic E-state index is 0.00468. The molecule has 112 valence electrons. The van der Waals surface area contributed by atoms with Crippen molar-refractivity contribution in [2.45, 2.75) is 39.5 Å². The normalized spacial score (nSPS) is 16.3. The molecule has 4 nitrogen and oxygen atoms in total. The molecule has 0 saturated carbocycles. The molecule has 0 unspecified atom stereocenters. The third-order valence-electron chi connectivity index (χ3n) is 4.32. The molecule has 0 bridgehead atoms. The van der Waals surface area contributed by atoms with E-state index in [1.807, 2.05) is 17.0 Å². The standard InChI is InChI=1S/C17H22N2O2/c1-11(2)5-7-18-17(21)14-9-12-3-4-15(20)19-8-6-13(10-14)16(12)19/h9-11H,3-8H2,1-2H3,(H,18,21). The van der Waals surface area contributed by atoms with Crippen molar-refractivity contribution in [3.8, 4) is 0 Å². The van der Waals surface area contributed by atoms with Gasteiger partial charge in [-0.15, -0.1) is 0 Å². The molecule has 2 amide bonds. The predicted octanol–water partition coefficient (Wildman–Crippen LogP) is 2.30. The zero-order valence-electron chi connectivity index (χ0n) is 12.7. The molecule has 0 fully saturated rings. The second-order valence-corrected chi connectivity index (χ2v) is 6.38. The van der Waals surface area contributed by atoms with Gasteiger partial charge in [-0.2, -0.15) is 0 Å². The molecule has 0 radical (unpaired) electrons. The number of nitrogens with zero attached hydrogens (tertiary/aromatic N) is 1. The van der Waals surface area contributed by atoms with E-state index in [1.165, 1.54) is 0 Å². The van der Waals surface area contributed by atoms with Crippen molar-refractivity contribution in [1.82, 2.24) is 5.32 Å². The van der Waals surface area contributed by atoms with Crippen molar-refractivity contribution >= 4 is 17.5 Å². The van der Waals surface area contributed by atoms with Crippen molar-refractivity contribution in [2.24, 2.45) is 5.92 Å². The second-order valence-electron chi connectivity index (χ2n) is 6.38. The van der Waals surface area contributed by atoms with Gasteiger partial charge in [0.2, 0.25) is 5.91 Å². The van der Waals surface area contributed by atoms with E-state index in [4.69, 9.17) is 0 Å². The first-order valence-corrected chi connectivity index (χ1v) is 7.80. The highest BCUT2D eigenvalue weighted by molar-refractivity contribution is 6.01. The van der Waals surface area contributed by atoms with E-state index in [1.54, 1.807) is 0 Å². The lowest BCUT2D eigenvalue weighted by Crippen LogP contribution is -2.33. The van der Waals surface area contributed by atoms with Crippen molar-refractivity contribution in [3.63, 3.8) is 0 Å². The number of nitrogens with one attached hydrogen (secondary N) is 1. The monoisotopic (exact) mass is 286 g/mol. The van der Waals surface area contributed by atoms with Crippen LogP contribution in [0.4, 0.5) is 5.69 Å². The van der Waals surface area contributed by atoms with Gasteiger partial charge < -0.3 is 10.2 Å². The van der Waals surface area contributed by atoms with Crippen molar-refractivity contribution in [3.05, 3.63) is 28.8 Å². The smallest absolute Gasteiger partial charge is 0.251 e. The minimum Gasteiger partial charge on any atom is -0.352 e. The van der Waals surface area contributed by atoms with Gasteiger partial charge in [0.1, 0.15) is 0 Å². The molecule has 3 rings (SSSR count). The maximum Gasteiger partial charge on any atom is 0.251 e. The molecule has 0 aliphatic carbocycles. The number of hydrogen-bond acceptors (Lipinski definition) is 2. The van der Waals surface area contributed by atoms with E-state index in [9.17, 15) is 9.59 Å². The molecule has 0 aromatic heterocycles. The van der Waals surface area contributed by atoms with Gasteiger partial charge in [0, 0.05) is 25.1 Å². The maximum atomic E-state index is 12.3. The first kappa shape index (κ1) is 14.1. The Morgan fingerprint density at radius 2 is 1.95 bits per heavy atom. The van der Waals surface area contributed by atoms with Gasteiger partial charge in [-0.05, 0) is 48.4 Å². The Kier molecular flexibility index (Phi) is 3.70. The SMILES string of the molecule is CC(C)CCNC(=O)c1cc2c3c(c1)CCN3C(=O)CC2. The lowest BCUT2D eigenvalue weighted by Gasteiger charge is -2.25. The van der Waals surface area contributed by atoms with Crippen LogP contribution in [-0.2, 0) is 17.6 Å². The Labute approximate surface area is 125 Å². The number of aryl methyl sites for hydroxylation is 1. The number of rotatable bonds is 4. The van der Waals surface area contributed by atoms with Crippen LogP contribution >= 0.6 is 0 Å². The van der Waals surface area contributed by atoms with E-state index in [-0.39, 0.29) is 11.8 Å². The van der Waals surface area contributed by atoms with Gasteiger partial charge in [0.15, 0.2) is 0 Å². The summed E-state index contributed by atoms with van der Waals surface area (Å²) in [6.45, 7) is 5.78. The van der Waals surface area contributed by atoms with Crippen LogP contribution < -0.4 is 10.2 Å². The lowest BCUT2D eigenvalue weighted by atomic mass is 9.96. The van der Waals surface area contributed by atoms with Crippen LogP contribution in [-0.4, -0.2) is 24.9 Å². The molecule has 1 aromatic rings. The number of carbonyl (C=O) groups excluding carboxylic acids is 2. The first-order valence-electron chi connectivity index (χ1n) is 7.80. The summed E-state index contributed by atoms with van der Waals surface area (Å²) in [5.41, 5.74) is 4.11. The van der Waals surface area contributed by atoms with Crippen LogP contribution in [0.1, 0.15) is 48.2 Å². The molecule has 1 N–H and O–H groups in total. The Hall–Kier alpha value is -1.84. The van der Waals surface area contributed by atoms with Gasteiger partial charge in [0.05, 0.1) is 5.69 Å². The van der Waals surface area contributed by atoms with Gasteiger partial charge in [-0.25, -0.2) is 0 Å². The maximum absolute atomic E-state index is 12.3. The fraction of sp³-hybridized carbons (Fsp3) is 0.529. The molecule has 2 heterocycles. The molecule has 0 spiro atoms. The van der Waals surface area contributed by atoms with Crippen LogP contribution in [0.3, 0.4) is 0 Å². The van der Waals surface area contributed by atoms with Gasteiger partial charge in [-0.1, -0.05) is 13.8 Å². The average molecular weight is 286 g/mol. The van der Waals surface area contributed by atoms with Crippen molar-refractivity contribution in [1.29, 1.82) is 0 Å². The van der Waals surface area contributed by atoms with Crippen LogP contribution in [0.5, 0.6) is 0 Å². The summed E-state index contributed by atoms with van der Waals surface area (Å²) in [6, 6.07) is 3.93. The van der Waals surface area contributed by atoms with E-state index in [2.05, 4.69) is 19.2 Å². The number of benzene rings is 1. The van der Waals surface area contributed by atoms with E-state index in [0.29, 0.717) is 18.9 Å². The summed E-state index contributed by atoms with van der Waals surface area (Å²) in [4.78, 5) is 26.0. The third kappa shape index (κ3) is 2.67. The Balaban J connectivity index is 1.80. The van der Waals surface area contributed by atoms with Crippen LogP contribution in [0.15, 0.2) is 12.1 Å². The number of carbonyl (C=O) groups is 2. The fourth-order valence-electron chi connectivity index (χ4n) is 3.17. The largest absolute Gasteiger partial charge is 0.352 e. The molecule has 21 heavy (non-hydrogen) atoms. The third-order valence-corrected chi connectivity index (χ3v) is 4.32. The molecule has 2 aliphatic rings. The number of hydrogen-bond donors (Lipinski definition) is 1. The van der Waals surface area contributed by atoms with E-state index >= 15 is 0 Å². The molecule has 0 atom stereocenters. The summed E-state index contributed by atoms with van der Waals surface area (Å²) in [5, 5.41) is 2.99. The van der Waals surface area contributed by atoms with Crippen molar-refractivity contribution in [2.75, 3.05) is 18.0 Å². The lowest BCUT2D eigenvalue weighted by molar-refractivity contribution is -0.118. The quantitative estimate of drug-likeness (QED) is 0.923. The fourth-order valence-corrected chi connectivity index (χ4v) is 3.17. The summed E-state index contributed by atoms with van der Waals surface area (Å²) >= 11 is 0. The van der Waals surface area contributed by atoms with Gasteiger partial charge in [-0.3, -0.25) is 9.59 Å². The highest BCUT2D eigenvalue weighted by Crippen LogP contribution is 2.37. The zero-order valence-corrected chi connectivity index (χ0v) is 12.7. The summed E-state index contributed by atoms with van der Waals surface area (Å²) < 4.78 is 0. The summed E-state index contributed by atoms with van der Waals surface area (Å²) in [5.74, 6) is 0.812.